The predicted octanol–water partition coefficient (Wildman–Crippen LogP) is 3.61. The Labute approximate surface area is 114 Å². The van der Waals surface area contributed by atoms with E-state index in [-0.39, 0.29) is 0 Å². The predicted molar refractivity (Wildman–Crippen MR) is 77.2 cm³/mol. The number of halogens is 1. The maximum atomic E-state index is 11.4. The topological polar surface area (TPSA) is 43.1 Å². The first kappa shape index (κ1) is 12.6. The Morgan fingerprint density at radius 2 is 1.56 bits per heavy atom. The van der Waals surface area contributed by atoms with Crippen molar-refractivity contribution in [1.29, 1.82) is 0 Å². The molecule has 1 amide bonds. The summed E-state index contributed by atoms with van der Waals surface area (Å²) in [4.78, 5) is 11.4. The molecular weight excluding hydrogens is 290 g/mol. The number of carbonyl (C=O) groups excluding carboxylic acids is 1. The quantitative estimate of drug-likeness (QED) is 0.924. The molecule has 0 aromatic heterocycles. The first-order valence-corrected chi connectivity index (χ1v) is 6.23. The van der Waals surface area contributed by atoms with Gasteiger partial charge in [-0.05, 0) is 34.9 Å². The van der Waals surface area contributed by atoms with Crippen molar-refractivity contribution in [1.82, 2.24) is 0 Å². The first-order valence-electron chi connectivity index (χ1n) is 5.43. The van der Waals surface area contributed by atoms with E-state index in [0.717, 1.165) is 21.2 Å². The SMILES string of the molecule is C=C(c1ccc(Br)cc1)c1ccccc1C(N)=O. The lowest BCUT2D eigenvalue weighted by Gasteiger charge is -2.10. The van der Waals surface area contributed by atoms with Crippen LogP contribution in [0.4, 0.5) is 0 Å². The van der Waals surface area contributed by atoms with Crippen LogP contribution in [0.25, 0.3) is 5.57 Å². The molecule has 0 radical (unpaired) electrons. The van der Waals surface area contributed by atoms with Gasteiger partial charge in [0.15, 0.2) is 0 Å². The summed E-state index contributed by atoms with van der Waals surface area (Å²) in [6, 6.07) is 15.0. The van der Waals surface area contributed by atoms with E-state index in [1.54, 1.807) is 12.1 Å². The molecule has 0 spiro atoms. The van der Waals surface area contributed by atoms with Crippen molar-refractivity contribution >= 4 is 27.4 Å². The summed E-state index contributed by atoms with van der Waals surface area (Å²) in [5, 5.41) is 0. The lowest BCUT2D eigenvalue weighted by Crippen LogP contribution is -2.13. The van der Waals surface area contributed by atoms with Crippen LogP contribution in [0.15, 0.2) is 59.6 Å². The van der Waals surface area contributed by atoms with Gasteiger partial charge in [-0.1, -0.05) is 52.8 Å². The van der Waals surface area contributed by atoms with Crippen LogP contribution in [0.3, 0.4) is 0 Å². The highest BCUT2D eigenvalue weighted by molar-refractivity contribution is 9.10. The number of hydrogen-bond acceptors (Lipinski definition) is 1. The summed E-state index contributed by atoms with van der Waals surface area (Å²) in [5.41, 5.74) is 8.38. The van der Waals surface area contributed by atoms with Crippen molar-refractivity contribution in [3.63, 3.8) is 0 Å². The standard InChI is InChI=1S/C15H12BrNO/c1-10(11-6-8-12(16)9-7-11)13-4-2-3-5-14(13)15(17)18/h2-9H,1H2,(H2,17,18). The highest BCUT2D eigenvalue weighted by Gasteiger charge is 2.11. The zero-order chi connectivity index (χ0) is 13.1. The number of carbonyl (C=O) groups is 1. The largest absolute Gasteiger partial charge is 0.366 e. The van der Waals surface area contributed by atoms with Gasteiger partial charge in [-0.2, -0.15) is 0 Å². The molecule has 0 atom stereocenters. The summed E-state index contributed by atoms with van der Waals surface area (Å²) >= 11 is 3.38. The maximum Gasteiger partial charge on any atom is 0.249 e. The summed E-state index contributed by atoms with van der Waals surface area (Å²) in [7, 11) is 0. The monoisotopic (exact) mass is 301 g/mol. The molecule has 2 aromatic rings. The molecule has 3 heteroatoms. The van der Waals surface area contributed by atoms with Crippen LogP contribution < -0.4 is 5.73 Å². The van der Waals surface area contributed by atoms with Crippen LogP contribution in [-0.2, 0) is 0 Å². The van der Waals surface area contributed by atoms with Crippen LogP contribution in [0.5, 0.6) is 0 Å². The second kappa shape index (κ2) is 5.19. The molecule has 0 fully saturated rings. The zero-order valence-corrected chi connectivity index (χ0v) is 11.3. The smallest absolute Gasteiger partial charge is 0.249 e. The fourth-order valence-electron chi connectivity index (χ4n) is 1.77. The Bertz CT molecular complexity index is 602. The molecule has 2 rings (SSSR count). The van der Waals surface area contributed by atoms with Crippen molar-refractivity contribution < 1.29 is 4.79 Å². The van der Waals surface area contributed by atoms with E-state index in [2.05, 4.69) is 22.5 Å². The van der Waals surface area contributed by atoms with E-state index in [9.17, 15) is 4.79 Å². The summed E-state index contributed by atoms with van der Waals surface area (Å²) < 4.78 is 1.00. The van der Waals surface area contributed by atoms with E-state index >= 15 is 0 Å². The Morgan fingerprint density at radius 1 is 1.00 bits per heavy atom. The average molecular weight is 302 g/mol. The molecule has 2 nitrogen and oxygen atoms in total. The molecule has 2 N–H and O–H groups in total. The minimum Gasteiger partial charge on any atom is -0.366 e. The molecule has 0 unspecified atom stereocenters. The fourth-order valence-corrected chi connectivity index (χ4v) is 2.03. The number of amides is 1. The Kier molecular flexibility index (Phi) is 3.63. The number of nitrogens with two attached hydrogens (primary N) is 1. The highest BCUT2D eigenvalue weighted by Crippen LogP contribution is 2.25. The van der Waals surface area contributed by atoms with Crippen molar-refractivity contribution in [3.8, 4) is 0 Å². The zero-order valence-electron chi connectivity index (χ0n) is 9.69. The molecule has 90 valence electrons. The van der Waals surface area contributed by atoms with Crippen molar-refractivity contribution in [3.05, 3.63) is 76.3 Å². The normalized spacial score (nSPS) is 10.1. The molecular formula is C15H12BrNO. The Hall–Kier alpha value is -1.87. The summed E-state index contributed by atoms with van der Waals surface area (Å²) in [6.45, 7) is 4.04. The van der Waals surface area contributed by atoms with Gasteiger partial charge in [-0.25, -0.2) is 0 Å². The molecule has 0 heterocycles. The molecule has 18 heavy (non-hydrogen) atoms. The molecule has 2 aromatic carbocycles. The lowest BCUT2D eigenvalue weighted by molar-refractivity contribution is 0.1000. The molecule has 0 bridgehead atoms. The number of rotatable bonds is 3. The van der Waals surface area contributed by atoms with Crippen LogP contribution in [-0.4, -0.2) is 5.91 Å². The maximum absolute atomic E-state index is 11.4. The van der Waals surface area contributed by atoms with Gasteiger partial charge in [-0.3, -0.25) is 4.79 Å². The molecule has 0 aliphatic heterocycles. The van der Waals surface area contributed by atoms with E-state index in [1.165, 1.54) is 0 Å². The van der Waals surface area contributed by atoms with E-state index in [4.69, 9.17) is 5.73 Å². The number of hydrogen-bond donors (Lipinski definition) is 1. The summed E-state index contributed by atoms with van der Waals surface area (Å²) in [5.74, 6) is -0.441. The second-order valence-corrected chi connectivity index (χ2v) is 4.81. The third-order valence-electron chi connectivity index (χ3n) is 2.71. The fraction of sp³-hybridized carbons (Fsp3) is 0. The molecule has 0 aliphatic carbocycles. The van der Waals surface area contributed by atoms with Gasteiger partial charge in [0.1, 0.15) is 0 Å². The summed E-state index contributed by atoms with van der Waals surface area (Å²) in [6.07, 6.45) is 0. The van der Waals surface area contributed by atoms with Crippen molar-refractivity contribution in [2.45, 2.75) is 0 Å². The minimum absolute atomic E-state index is 0.441. The van der Waals surface area contributed by atoms with Gasteiger partial charge < -0.3 is 5.73 Å². The van der Waals surface area contributed by atoms with Gasteiger partial charge in [0.2, 0.25) is 5.91 Å². The average Bonchev–Trinajstić information content (AvgIpc) is 2.39. The third kappa shape index (κ3) is 2.51. The number of primary amides is 1. The van der Waals surface area contributed by atoms with Crippen LogP contribution >= 0.6 is 15.9 Å². The minimum atomic E-state index is -0.441. The van der Waals surface area contributed by atoms with Crippen LogP contribution in [0, 0.1) is 0 Å². The van der Waals surface area contributed by atoms with E-state index < -0.39 is 5.91 Å². The second-order valence-electron chi connectivity index (χ2n) is 3.90. The van der Waals surface area contributed by atoms with Crippen LogP contribution in [0.2, 0.25) is 0 Å². The third-order valence-corrected chi connectivity index (χ3v) is 3.24. The van der Waals surface area contributed by atoms with Gasteiger partial charge in [0.25, 0.3) is 0 Å². The van der Waals surface area contributed by atoms with Gasteiger partial charge >= 0.3 is 0 Å². The molecule has 0 aliphatic rings. The van der Waals surface area contributed by atoms with E-state index in [0.29, 0.717) is 5.56 Å². The van der Waals surface area contributed by atoms with E-state index in [1.807, 2.05) is 36.4 Å². The van der Waals surface area contributed by atoms with Gasteiger partial charge in [-0.15, -0.1) is 0 Å². The lowest BCUT2D eigenvalue weighted by atomic mass is 9.95. The Balaban J connectivity index is 2.46. The van der Waals surface area contributed by atoms with Crippen molar-refractivity contribution in [2.24, 2.45) is 5.73 Å². The van der Waals surface area contributed by atoms with Gasteiger partial charge in [0.05, 0.1) is 0 Å². The Morgan fingerprint density at radius 3 is 2.11 bits per heavy atom. The number of benzene rings is 2. The van der Waals surface area contributed by atoms with Crippen molar-refractivity contribution in [2.75, 3.05) is 0 Å². The molecule has 0 saturated carbocycles. The van der Waals surface area contributed by atoms with Crippen LogP contribution in [0.1, 0.15) is 21.5 Å². The highest BCUT2D eigenvalue weighted by atomic mass is 79.9. The first-order chi connectivity index (χ1) is 8.59. The molecule has 0 saturated heterocycles. The van der Waals surface area contributed by atoms with Gasteiger partial charge in [0, 0.05) is 10.0 Å².